The van der Waals surface area contributed by atoms with Gasteiger partial charge in [-0.15, -0.1) is 0 Å². The first-order chi connectivity index (χ1) is 13.4. The van der Waals surface area contributed by atoms with E-state index in [0.717, 1.165) is 43.2 Å². The van der Waals surface area contributed by atoms with Crippen LogP contribution in [0.1, 0.15) is 46.0 Å². The number of methoxy groups -OCH3 is 1. The Morgan fingerprint density at radius 2 is 1.96 bits per heavy atom. The Hall–Kier alpha value is -2.60. The Labute approximate surface area is 165 Å². The summed E-state index contributed by atoms with van der Waals surface area (Å²) in [5, 5.41) is 3.29. The molecule has 6 nitrogen and oxygen atoms in total. The molecule has 1 saturated heterocycles. The second-order valence-electron chi connectivity index (χ2n) is 8.00. The van der Waals surface area contributed by atoms with Gasteiger partial charge in [0.05, 0.1) is 7.11 Å². The number of fused-ring (bicyclic) bond motifs is 1. The average Bonchev–Trinajstić information content (AvgIpc) is 3.29. The molecule has 0 saturated carbocycles. The quantitative estimate of drug-likeness (QED) is 0.755. The average molecular weight is 380 g/mol. The number of nitrogens with zero attached hydrogens (tertiary/aromatic N) is 3. The molecule has 6 heteroatoms. The van der Waals surface area contributed by atoms with Crippen molar-refractivity contribution in [3.05, 3.63) is 62.2 Å². The number of aromatic amines is 1. The molecule has 28 heavy (non-hydrogen) atoms. The Bertz CT molecular complexity index is 1100. The maximum Gasteiger partial charge on any atom is 0.275 e. The molecule has 1 aliphatic rings. The molecule has 0 radical (unpaired) electrons. The van der Waals surface area contributed by atoms with Crippen LogP contribution in [0.15, 0.2) is 23.0 Å². The number of nitrogens with one attached hydrogen (secondary N) is 1. The smallest absolute Gasteiger partial charge is 0.275 e. The van der Waals surface area contributed by atoms with Crippen LogP contribution < -0.4 is 10.3 Å². The highest BCUT2D eigenvalue weighted by Gasteiger charge is 2.26. The summed E-state index contributed by atoms with van der Waals surface area (Å²) < 4.78 is 7.01. The van der Waals surface area contributed by atoms with E-state index in [4.69, 9.17) is 4.74 Å². The molecule has 3 aromatic rings. The highest BCUT2D eigenvalue weighted by molar-refractivity contribution is 5.43. The monoisotopic (exact) mass is 380 g/mol. The summed E-state index contributed by atoms with van der Waals surface area (Å²) >= 11 is 0. The lowest BCUT2D eigenvalue weighted by molar-refractivity contribution is 0.325. The molecule has 2 aromatic heterocycles. The summed E-state index contributed by atoms with van der Waals surface area (Å²) in [5.74, 6) is 1.34. The molecule has 1 aliphatic heterocycles. The third-order valence-electron chi connectivity index (χ3n) is 6.06. The predicted octanol–water partition coefficient (Wildman–Crippen LogP) is 3.25. The van der Waals surface area contributed by atoms with Gasteiger partial charge in [0.2, 0.25) is 0 Å². The second-order valence-corrected chi connectivity index (χ2v) is 8.00. The van der Waals surface area contributed by atoms with Crippen LogP contribution in [0.2, 0.25) is 0 Å². The molecule has 0 spiro atoms. The molecular weight excluding hydrogens is 352 g/mol. The van der Waals surface area contributed by atoms with Crippen LogP contribution in [-0.4, -0.2) is 39.7 Å². The van der Waals surface area contributed by atoms with Gasteiger partial charge in [-0.05, 0) is 63.4 Å². The van der Waals surface area contributed by atoms with Gasteiger partial charge in [-0.2, -0.15) is 0 Å². The van der Waals surface area contributed by atoms with Crippen LogP contribution in [0.3, 0.4) is 0 Å². The van der Waals surface area contributed by atoms with E-state index in [0.29, 0.717) is 17.1 Å². The maximum absolute atomic E-state index is 12.5. The summed E-state index contributed by atoms with van der Waals surface area (Å²) in [6.45, 7) is 10.9. The number of ether oxygens (including phenoxy) is 1. The zero-order valence-corrected chi connectivity index (χ0v) is 17.3. The molecule has 0 amide bonds. The largest absolute Gasteiger partial charge is 0.496 e. The standard InChI is InChI=1S/C22H28N4O2/c1-13-9-20(28-5)14(2)8-18(13)12-25-7-6-17(11-25)19-10-21-23-16(4)15(3)22(27)26(21)24-19/h8-10,17,24H,6-7,11-12H2,1-5H3. The van der Waals surface area contributed by atoms with Crippen molar-refractivity contribution in [3.63, 3.8) is 0 Å². The van der Waals surface area contributed by atoms with Crippen molar-refractivity contribution in [2.75, 3.05) is 20.2 Å². The van der Waals surface area contributed by atoms with E-state index in [1.54, 1.807) is 11.6 Å². The summed E-state index contributed by atoms with van der Waals surface area (Å²) in [6, 6.07) is 6.39. The maximum atomic E-state index is 12.5. The van der Waals surface area contributed by atoms with Crippen LogP contribution in [0.25, 0.3) is 5.65 Å². The van der Waals surface area contributed by atoms with E-state index in [-0.39, 0.29) is 5.56 Å². The van der Waals surface area contributed by atoms with Crippen LogP contribution in [-0.2, 0) is 6.54 Å². The molecule has 4 rings (SSSR count). The Balaban J connectivity index is 1.53. The van der Waals surface area contributed by atoms with Gasteiger partial charge in [-0.25, -0.2) is 9.50 Å². The Morgan fingerprint density at radius 1 is 1.18 bits per heavy atom. The van der Waals surface area contributed by atoms with Gasteiger partial charge < -0.3 is 4.74 Å². The second kappa shape index (κ2) is 7.09. The van der Waals surface area contributed by atoms with Gasteiger partial charge in [0.25, 0.3) is 5.56 Å². The molecule has 0 aliphatic carbocycles. The van der Waals surface area contributed by atoms with Crippen molar-refractivity contribution in [2.24, 2.45) is 0 Å². The molecule has 1 aromatic carbocycles. The SMILES string of the molecule is COc1cc(C)c(CN2CCC(c3cc4nc(C)c(C)c(=O)n4[nH]3)C2)cc1C. The van der Waals surface area contributed by atoms with Crippen molar-refractivity contribution < 1.29 is 4.74 Å². The van der Waals surface area contributed by atoms with E-state index < -0.39 is 0 Å². The third-order valence-corrected chi connectivity index (χ3v) is 6.06. The van der Waals surface area contributed by atoms with Crippen molar-refractivity contribution in [1.29, 1.82) is 0 Å². The number of hydrogen-bond acceptors (Lipinski definition) is 4. The van der Waals surface area contributed by atoms with Gasteiger partial charge in [0.1, 0.15) is 5.75 Å². The van der Waals surface area contributed by atoms with Gasteiger partial charge in [-0.3, -0.25) is 14.8 Å². The fraction of sp³-hybridized carbons (Fsp3) is 0.455. The van der Waals surface area contributed by atoms with E-state index in [9.17, 15) is 4.79 Å². The first-order valence-corrected chi connectivity index (χ1v) is 9.82. The molecule has 1 unspecified atom stereocenters. The third kappa shape index (κ3) is 3.22. The lowest BCUT2D eigenvalue weighted by atomic mass is 10.0. The van der Waals surface area contributed by atoms with Gasteiger partial charge in [-0.1, -0.05) is 6.07 Å². The molecular formula is C22H28N4O2. The zero-order chi connectivity index (χ0) is 20.0. The van der Waals surface area contributed by atoms with Crippen molar-refractivity contribution in [2.45, 2.75) is 46.6 Å². The number of hydrogen-bond donors (Lipinski definition) is 1. The van der Waals surface area contributed by atoms with Crippen molar-refractivity contribution >= 4 is 5.65 Å². The molecule has 3 heterocycles. The lowest BCUT2D eigenvalue weighted by Gasteiger charge is -2.18. The van der Waals surface area contributed by atoms with E-state index in [1.807, 2.05) is 19.9 Å². The Morgan fingerprint density at radius 3 is 2.71 bits per heavy atom. The van der Waals surface area contributed by atoms with Crippen LogP contribution >= 0.6 is 0 Å². The highest BCUT2D eigenvalue weighted by Crippen LogP contribution is 2.29. The van der Waals surface area contributed by atoms with Crippen LogP contribution in [0, 0.1) is 27.7 Å². The number of aryl methyl sites for hydroxylation is 3. The number of likely N-dealkylation sites (tertiary alicyclic amines) is 1. The summed E-state index contributed by atoms with van der Waals surface area (Å²) in [4.78, 5) is 19.5. The number of rotatable bonds is 4. The normalized spacial score (nSPS) is 17.5. The molecule has 148 valence electrons. The molecule has 1 fully saturated rings. The van der Waals surface area contributed by atoms with Gasteiger partial charge in [0, 0.05) is 42.0 Å². The lowest BCUT2D eigenvalue weighted by Crippen LogP contribution is -2.21. The predicted molar refractivity (Wildman–Crippen MR) is 110 cm³/mol. The topological polar surface area (TPSA) is 62.6 Å². The summed E-state index contributed by atoms with van der Waals surface area (Å²) in [6.07, 6.45) is 1.08. The summed E-state index contributed by atoms with van der Waals surface area (Å²) in [7, 11) is 1.72. The van der Waals surface area contributed by atoms with E-state index >= 15 is 0 Å². The number of H-pyrrole nitrogens is 1. The van der Waals surface area contributed by atoms with Gasteiger partial charge in [0.15, 0.2) is 5.65 Å². The fourth-order valence-electron chi connectivity index (χ4n) is 4.16. The number of aromatic nitrogens is 3. The van der Waals surface area contributed by atoms with Crippen LogP contribution in [0.4, 0.5) is 0 Å². The van der Waals surface area contributed by atoms with Gasteiger partial charge >= 0.3 is 0 Å². The minimum absolute atomic E-state index is 0.00654. The first-order valence-electron chi connectivity index (χ1n) is 9.82. The number of benzene rings is 1. The minimum atomic E-state index is -0.00654. The van der Waals surface area contributed by atoms with Crippen molar-refractivity contribution in [3.8, 4) is 5.75 Å². The fourth-order valence-corrected chi connectivity index (χ4v) is 4.16. The molecule has 1 atom stereocenters. The molecule has 0 bridgehead atoms. The van der Waals surface area contributed by atoms with E-state index in [2.05, 4.69) is 41.0 Å². The van der Waals surface area contributed by atoms with E-state index in [1.165, 1.54) is 16.7 Å². The highest BCUT2D eigenvalue weighted by atomic mass is 16.5. The van der Waals surface area contributed by atoms with Crippen LogP contribution in [0.5, 0.6) is 5.75 Å². The summed E-state index contributed by atoms with van der Waals surface area (Å²) in [5.41, 5.74) is 7.08. The first kappa shape index (κ1) is 18.7. The minimum Gasteiger partial charge on any atom is -0.496 e. The Kier molecular flexibility index (Phi) is 4.75. The van der Waals surface area contributed by atoms with Crippen molar-refractivity contribution in [1.82, 2.24) is 19.5 Å². The zero-order valence-electron chi connectivity index (χ0n) is 17.3. The molecule has 1 N–H and O–H groups in total.